The number of piperidine rings is 1. The molecule has 0 aliphatic carbocycles. The van der Waals surface area contributed by atoms with E-state index in [0.717, 1.165) is 31.6 Å². The van der Waals surface area contributed by atoms with Crippen LogP contribution in [0.2, 0.25) is 0 Å². The largest absolute Gasteiger partial charge is 0.385 e. The molecule has 100 valence electrons. The molecule has 1 aromatic rings. The maximum atomic E-state index is 13.6. The molecule has 2 rings (SSSR count). The zero-order valence-electron chi connectivity index (χ0n) is 11.2. The van der Waals surface area contributed by atoms with Crippen LogP contribution in [0.5, 0.6) is 0 Å². The molecule has 1 heterocycles. The van der Waals surface area contributed by atoms with Crippen LogP contribution in [0.4, 0.5) is 4.39 Å². The van der Waals surface area contributed by atoms with Gasteiger partial charge in [0.05, 0.1) is 5.60 Å². The van der Waals surface area contributed by atoms with Gasteiger partial charge in [-0.3, -0.25) is 0 Å². The summed E-state index contributed by atoms with van der Waals surface area (Å²) in [6.07, 6.45) is 2.52. The molecule has 0 unspecified atom stereocenters. The molecule has 1 fully saturated rings. The third-order valence-corrected chi connectivity index (χ3v) is 3.93. The Morgan fingerprint density at radius 3 is 2.56 bits per heavy atom. The van der Waals surface area contributed by atoms with Gasteiger partial charge in [0.15, 0.2) is 0 Å². The molecule has 1 N–H and O–H groups in total. The zero-order valence-corrected chi connectivity index (χ0v) is 11.2. The van der Waals surface area contributed by atoms with Gasteiger partial charge in [0.25, 0.3) is 0 Å². The van der Waals surface area contributed by atoms with E-state index in [4.69, 9.17) is 0 Å². The van der Waals surface area contributed by atoms with Crippen LogP contribution in [0.25, 0.3) is 0 Å². The molecule has 0 amide bonds. The number of hydrogen-bond acceptors (Lipinski definition) is 2. The first kappa shape index (κ1) is 13.5. The summed E-state index contributed by atoms with van der Waals surface area (Å²) in [6, 6.07) is 5.10. The lowest BCUT2D eigenvalue weighted by Crippen LogP contribution is -2.42. The van der Waals surface area contributed by atoms with E-state index in [1.54, 1.807) is 13.0 Å². The maximum absolute atomic E-state index is 13.6. The fourth-order valence-electron chi connectivity index (χ4n) is 2.63. The highest BCUT2D eigenvalue weighted by molar-refractivity contribution is 5.28. The molecule has 0 saturated carbocycles. The van der Waals surface area contributed by atoms with Crippen molar-refractivity contribution in [1.82, 2.24) is 4.90 Å². The third-order valence-electron chi connectivity index (χ3n) is 3.93. The smallest absolute Gasteiger partial charge is 0.126 e. The number of halogens is 1. The SMILES string of the molecule is CCCN1CCC(O)(c2ccc(C)c(F)c2)CC1. The first-order chi connectivity index (χ1) is 8.55. The molecule has 3 heteroatoms. The molecular formula is C15H22FNO. The van der Waals surface area contributed by atoms with Crippen molar-refractivity contribution in [2.45, 2.75) is 38.7 Å². The van der Waals surface area contributed by atoms with E-state index in [1.165, 1.54) is 6.07 Å². The third kappa shape index (κ3) is 2.73. The minimum atomic E-state index is -0.848. The normalized spacial score (nSPS) is 20.0. The number of aliphatic hydroxyl groups is 1. The van der Waals surface area contributed by atoms with Crippen LogP contribution in [0.1, 0.15) is 37.3 Å². The van der Waals surface area contributed by atoms with Crippen LogP contribution >= 0.6 is 0 Å². The van der Waals surface area contributed by atoms with E-state index in [1.807, 2.05) is 6.07 Å². The Morgan fingerprint density at radius 1 is 1.33 bits per heavy atom. The van der Waals surface area contributed by atoms with Gasteiger partial charge >= 0.3 is 0 Å². The van der Waals surface area contributed by atoms with Crippen molar-refractivity contribution in [3.63, 3.8) is 0 Å². The molecule has 0 radical (unpaired) electrons. The van der Waals surface area contributed by atoms with Crippen molar-refractivity contribution in [2.24, 2.45) is 0 Å². The fraction of sp³-hybridized carbons (Fsp3) is 0.600. The van der Waals surface area contributed by atoms with Gasteiger partial charge in [-0.2, -0.15) is 0 Å². The Labute approximate surface area is 108 Å². The predicted octanol–water partition coefficient (Wildman–Crippen LogP) is 2.83. The molecule has 0 aromatic heterocycles. The van der Waals surface area contributed by atoms with Gasteiger partial charge in [0.2, 0.25) is 0 Å². The number of aryl methyl sites for hydroxylation is 1. The molecule has 18 heavy (non-hydrogen) atoms. The fourth-order valence-corrected chi connectivity index (χ4v) is 2.63. The standard InChI is InChI=1S/C15H22FNO/c1-3-8-17-9-6-15(18,7-10-17)13-5-4-12(2)14(16)11-13/h4-5,11,18H,3,6-10H2,1-2H3. The second-order valence-electron chi connectivity index (χ2n) is 5.34. The maximum Gasteiger partial charge on any atom is 0.126 e. The molecule has 1 aromatic carbocycles. The van der Waals surface area contributed by atoms with E-state index in [2.05, 4.69) is 11.8 Å². The highest BCUT2D eigenvalue weighted by Crippen LogP contribution is 2.33. The van der Waals surface area contributed by atoms with Crippen LogP contribution < -0.4 is 0 Å². The van der Waals surface area contributed by atoms with Gasteiger partial charge in [-0.15, -0.1) is 0 Å². The second kappa shape index (κ2) is 5.37. The van der Waals surface area contributed by atoms with Crippen LogP contribution in [0, 0.1) is 12.7 Å². The average Bonchev–Trinajstić information content (AvgIpc) is 2.36. The van der Waals surface area contributed by atoms with Crippen molar-refractivity contribution in [1.29, 1.82) is 0 Å². The summed E-state index contributed by atoms with van der Waals surface area (Å²) >= 11 is 0. The van der Waals surface area contributed by atoms with Gasteiger partial charge in [-0.1, -0.05) is 19.1 Å². The Hall–Kier alpha value is -0.930. The highest BCUT2D eigenvalue weighted by atomic mass is 19.1. The molecule has 1 saturated heterocycles. The van der Waals surface area contributed by atoms with E-state index >= 15 is 0 Å². The van der Waals surface area contributed by atoms with Gasteiger partial charge in [-0.25, -0.2) is 4.39 Å². The minimum absolute atomic E-state index is 0.225. The molecule has 0 atom stereocenters. The summed E-state index contributed by atoms with van der Waals surface area (Å²) in [6.45, 7) is 6.77. The monoisotopic (exact) mass is 251 g/mol. The Bertz CT molecular complexity index is 411. The van der Waals surface area contributed by atoms with E-state index in [0.29, 0.717) is 18.4 Å². The number of hydrogen-bond donors (Lipinski definition) is 1. The summed E-state index contributed by atoms with van der Waals surface area (Å²) in [5, 5.41) is 10.7. The molecular weight excluding hydrogens is 229 g/mol. The van der Waals surface area contributed by atoms with Crippen molar-refractivity contribution >= 4 is 0 Å². The summed E-state index contributed by atoms with van der Waals surface area (Å²) in [5.41, 5.74) is 0.506. The van der Waals surface area contributed by atoms with E-state index in [9.17, 15) is 9.50 Å². The number of nitrogens with zero attached hydrogens (tertiary/aromatic N) is 1. The zero-order chi connectivity index (χ0) is 13.2. The molecule has 1 aliphatic heterocycles. The first-order valence-corrected chi connectivity index (χ1v) is 6.76. The number of likely N-dealkylation sites (tertiary alicyclic amines) is 1. The average molecular weight is 251 g/mol. The Balaban J connectivity index is 2.10. The summed E-state index contributed by atoms with van der Waals surface area (Å²) in [5.74, 6) is -0.225. The summed E-state index contributed by atoms with van der Waals surface area (Å²) < 4.78 is 13.6. The van der Waals surface area contributed by atoms with Crippen molar-refractivity contribution in [3.05, 3.63) is 35.1 Å². The summed E-state index contributed by atoms with van der Waals surface area (Å²) in [4.78, 5) is 2.36. The second-order valence-corrected chi connectivity index (χ2v) is 5.34. The highest BCUT2D eigenvalue weighted by Gasteiger charge is 2.33. The van der Waals surface area contributed by atoms with Crippen molar-refractivity contribution < 1.29 is 9.50 Å². The van der Waals surface area contributed by atoms with Gasteiger partial charge in [0.1, 0.15) is 5.82 Å². The topological polar surface area (TPSA) is 23.5 Å². The van der Waals surface area contributed by atoms with E-state index < -0.39 is 5.60 Å². The van der Waals surface area contributed by atoms with Crippen LogP contribution in [-0.4, -0.2) is 29.6 Å². The van der Waals surface area contributed by atoms with Crippen molar-refractivity contribution in [2.75, 3.05) is 19.6 Å². The molecule has 0 spiro atoms. The van der Waals surface area contributed by atoms with E-state index in [-0.39, 0.29) is 5.82 Å². The quantitative estimate of drug-likeness (QED) is 0.893. The van der Waals surface area contributed by atoms with Gasteiger partial charge < -0.3 is 10.0 Å². The molecule has 1 aliphatic rings. The summed E-state index contributed by atoms with van der Waals surface area (Å²) in [7, 11) is 0. The van der Waals surface area contributed by atoms with Crippen LogP contribution in [0.3, 0.4) is 0 Å². The van der Waals surface area contributed by atoms with Crippen molar-refractivity contribution in [3.8, 4) is 0 Å². The lowest BCUT2D eigenvalue weighted by molar-refractivity contribution is -0.0259. The van der Waals surface area contributed by atoms with Crippen LogP contribution in [0.15, 0.2) is 18.2 Å². The number of rotatable bonds is 3. The Morgan fingerprint density at radius 2 is 2.00 bits per heavy atom. The van der Waals surface area contributed by atoms with Gasteiger partial charge in [-0.05, 0) is 49.9 Å². The number of benzene rings is 1. The lowest BCUT2D eigenvalue weighted by atomic mass is 9.84. The molecule has 0 bridgehead atoms. The van der Waals surface area contributed by atoms with Gasteiger partial charge in [0, 0.05) is 13.1 Å². The lowest BCUT2D eigenvalue weighted by Gasteiger charge is -2.38. The minimum Gasteiger partial charge on any atom is -0.385 e. The molecule has 2 nitrogen and oxygen atoms in total. The van der Waals surface area contributed by atoms with Crippen LogP contribution in [-0.2, 0) is 5.60 Å². The Kier molecular flexibility index (Phi) is 4.03. The predicted molar refractivity (Wildman–Crippen MR) is 71.0 cm³/mol. The first-order valence-electron chi connectivity index (χ1n) is 6.76.